The molecule has 0 bridgehead atoms. The zero-order valence-electron chi connectivity index (χ0n) is 12.7. The molecular formula is C18H15BrClNO3. The topological polar surface area (TPSA) is 47.6 Å². The summed E-state index contributed by atoms with van der Waals surface area (Å²) < 4.78 is 12.4. The van der Waals surface area contributed by atoms with Crippen molar-refractivity contribution in [1.82, 2.24) is 5.32 Å². The minimum atomic E-state index is -0.517. The first-order chi connectivity index (χ1) is 11.6. The van der Waals surface area contributed by atoms with Gasteiger partial charge < -0.3 is 14.8 Å². The summed E-state index contributed by atoms with van der Waals surface area (Å²) in [6.07, 6.45) is 0.758. The first kappa shape index (κ1) is 15.8. The first-order valence-electron chi connectivity index (χ1n) is 7.78. The number of carbonyl (C=O) groups excluding carboxylic acids is 1. The Bertz CT molecular complexity index is 811. The second kappa shape index (κ2) is 6.30. The van der Waals surface area contributed by atoms with E-state index in [1.54, 1.807) is 6.07 Å². The van der Waals surface area contributed by atoms with E-state index in [1.165, 1.54) is 0 Å². The smallest absolute Gasteiger partial charge is 0.261 e. The summed E-state index contributed by atoms with van der Waals surface area (Å²) in [6, 6.07) is 11.2. The van der Waals surface area contributed by atoms with E-state index in [0.29, 0.717) is 18.1 Å². The van der Waals surface area contributed by atoms with Crippen molar-refractivity contribution in [1.29, 1.82) is 0 Å². The minimum Gasteiger partial charge on any atom is -0.493 e. The van der Waals surface area contributed by atoms with E-state index in [0.717, 1.165) is 33.5 Å². The third-order valence-corrected chi connectivity index (χ3v) is 5.05. The van der Waals surface area contributed by atoms with Gasteiger partial charge in [0, 0.05) is 27.9 Å². The predicted octanol–water partition coefficient (Wildman–Crippen LogP) is 4.05. The Morgan fingerprint density at radius 2 is 2.04 bits per heavy atom. The Kier molecular flexibility index (Phi) is 4.14. The second-order valence-electron chi connectivity index (χ2n) is 5.94. The molecule has 0 radical (unpaired) electrons. The Morgan fingerprint density at radius 3 is 2.92 bits per heavy atom. The van der Waals surface area contributed by atoms with Crippen LogP contribution in [0.5, 0.6) is 11.5 Å². The molecule has 24 heavy (non-hydrogen) atoms. The van der Waals surface area contributed by atoms with Gasteiger partial charge in [0.25, 0.3) is 5.91 Å². The van der Waals surface area contributed by atoms with Gasteiger partial charge in [-0.2, -0.15) is 0 Å². The highest BCUT2D eigenvalue weighted by molar-refractivity contribution is 9.10. The number of halogens is 2. The van der Waals surface area contributed by atoms with Crippen molar-refractivity contribution in [2.75, 3.05) is 6.61 Å². The summed E-state index contributed by atoms with van der Waals surface area (Å²) in [7, 11) is 0. The quantitative estimate of drug-likeness (QED) is 0.815. The van der Waals surface area contributed by atoms with E-state index >= 15 is 0 Å². The highest BCUT2D eigenvalue weighted by atomic mass is 79.9. The number of hydrogen-bond donors (Lipinski definition) is 1. The summed E-state index contributed by atoms with van der Waals surface area (Å²) in [5.74, 6) is 1.44. The number of rotatable bonds is 2. The van der Waals surface area contributed by atoms with Crippen LogP contribution in [0.4, 0.5) is 0 Å². The third kappa shape index (κ3) is 2.98. The molecule has 0 fully saturated rings. The summed E-state index contributed by atoms with van der Waals surface area (Å²) >= 11 is 9.47. The standard InChI is InChI=1S/C18H15BrClNO3/c19-11-1-3-16-13(9-11)14(5-6-23-16)21-18(22)17-8-10-7-12(20)2-4-15(10)24-17/h1-4,7,9,14,17H,5-6,8H2,(H,21,22). The molecule has 2 aliphatic heterocycles. The molecule has 1 N–H and O–H groups in total. The van der Waals surface area contributed by atoms with Gasteiger partial charge in [0.05, 0.1) is 12.6 Å². The Balaban J connectivity index is 1.49. The van der Waals surface area contributed by atoms with Crippen molar-refractivity contribution < 1.29 is 14.3 Å². The molecule has 0 saturated carbocycles. The molecule has 2 aliphatic rings. The van der Waals surface area contributed by atoms with Gasteiger partial charge in [-0.15, -0.1) is 0 Å². The van der Waals surface area contributed by atoms with Crippen molar-refractivity contribution in [3.8, 4) is 11.5 Å². The molecule has 2 atom stereocenters. The number of amides is 1. The minimum absolute atomic E-state index is 0.0744. The maximum absolute atomic E-state index is 12.6. The fourth-order valence-electron chi connectivity index (χ4n) is 3.14. The lowest BCUT2D eigenvalue weighted by Gasteiger charge is -2.27. The van der Waals surface area contributed by atoms with Crippen LogP contribution in [0.2, 0.25) is 5.02 Å². The van der Waals surface area contributed by atoms with Crippen molar-refractivity contribution in [2.24, 2.45) is 0 Å². The maximum atomic E-state index is 12.6. The van der Waals surface area contributed by atoms with Crippen LogP contribution in [0.3, 0.4) is 0 Å². The zero-order valence-corrected chi connectivity index (χ0v) is 15.1. The molecule has 0 saturated heterocycles. The van der Waals surface area contributed by atoms with E-state index in [-0.39, 0.29) is 11.9 Å². The summed E-state index contributed by atoms with van der Waals surface area (Å²) in [5.41, 5.74) is 1.96. The molecular weight excluding hydrogens is 394 g/mol. The number of fused-ring (bicyclic) bond motifs is 2. The van der Waals surface area contributed by atoms with Crippen molar-refractivity contribution in [3.63, 3.8) is 0 Å². The maximum Gasteiger partial charge on any atom is 0.261 e. The normalized spacial score (nSPS) is 21.2. The molecule has 124 valence electrons. The average Bonchev–Trinajstić information content (AvgIpc) is 2.98. The van der Waals surface area contributed by atoms with Gasteiger partial charge >= 0.3 is 0 Å². The highest BCUT2D eigenvalue weighted by Gasteiger charge is 2.32. The van der Waals surface area contributed by atoms with Crippen LogP contribution in [0.1, 0.15) is 23.6 Å². The molecule has 6 heteroatoms. The second-order valence-corrected chi connectivity index (χ2v) is 7.30. The molecule has 0 aliphatic carbocycles. The Labute approximate surface area is 153 Å². The van der Waals surface area contributed by atoms with Gasteiger partial charge in [0.2, 0.25) is 0 Å². The van der Waals surface area contributed by atoms with E-state index in [9.17, 15) is 4.79 Å². The lowest BCUT2D eigenvalue weighted by molar-refractivity contribution is -0.128. The lowest BCUT2D eigenvalue weighted by Crippen LogP contribution is -2.41. The lowest BCUT2D eigenvalue weighted by atomic mass is 10.00. The fourth-order valence-corrected chi connectivity index (χ4v) is 3.72. The molecule has 4 rings (SSSR count). The van der Waals surface area contributed by atoms with Crippen molar-refractivity contribution in [3.05, 3.63) is 57.0 Å². The molecule has 0 spiro atoms. The van der Waals surface area contributed by atoms with E-state index < -0.39 is 6.10 Å². The third-order valence-electron chi connectivity index (χ3n) is 4.32. The van der Waals surface area contributed by atoms with Gasteiger partial charge in [-0.1, -0.05) is 27.5 Å². The number of hydrogen-bond acceptors (Lipinski definition) is 3. The fraction of sp³-hybridized carbons (Fsp3) is 0.278. The Hall–Kier alpha value is -1.72. The van der Waals surface area contributed by atoms with E-state index in [4.69, 9.17) is 21.1 Å². The summed E-state index contributed by atoms with van der Waals surface area (Å²) in [6.45, 7) is 0.584. The molecule has 4 nitrogen and oxygen atoms in total. The number of benzene rings is 2. The summed E-state index contributed by atoms with van der Waals surface area (Å²) in [5, 5.41) is 3.75. The number of nitrogens with one attached hydrogen (secondary N) is 1. The SMILES string of the molecule is O=C(NC1CCOc2ccc(Br)cc21)C1Cc2cc(Cl)ccc2O1. The van der Waals surface area contributed by atoms with E-state index in [2.05, 4.69) is 21.2 Å². The number of carbonyl (C=O) groups is 1. The van der Waals surface area contributed by atoms with Gasteiger partial charge in [-0.25, -0.2) is 0 Å². The molecule has 2 unspecified atom stereocenters. The van der Waals surface area contributed by atoms with Gasteiger partial charge in [-0.3, -0.25) is 4.79 Å². The first-order valence-corrected chi connectivity index (χ1v) is 8.95. The van der Waals surface area contributed by atoms with E-state index in [1.807, 2.05) is 30.3 Å². The van der Waals surface area contributed by atoms with Crippen LogP contribution in [0.15, 0.2) is 40.9 Å². The van der Waals surface area contributed by atoms with Gasteiger partial charge in [0.15, 0.2) is 6.10 Å². The molecule has 2 aromatic rings. The van der Waals surface area contributed by atoms with Gasteiger partial charge in [0.1, 0.15) is 11.5 Å². The largest absolute Gasteiger partial charge is 0.493 e. The van der Waals surface area contributed by atoms with Crippen LogP contribution < -0.4 is 14.8 Å². The summed E-state index contributed by atoms with van der Waals surface area (Å²) in [4.78, 5) is 12.6. The van der Waals surface area contributed by atoms with Crippen LogP contribution in [0.25, 0.3) is 0 Å². The van der Waals surface area contributed by atoms with Crippen LogP contribution in [0, 0.1) is 0 Å². The van der Waals surface area contributed by atoms with Crippen molar-refractivity contribution in [2.45, 2.75) is 25.0 Å². The van der Waals surface area contributed by atoms with Crippen LogP contribution in [-0.4, -0.2) is 18.6 Å². The predicted molar refractivity (Wildman–Crippen MR) is 94.7 cm³/mol. The van der Waals surface area contributed by atoms with Crippen LogP contribution in [-0.2, 0) is 11.2 Å². The van der Waals surface area contributed by atoms with Crippen molar-refractivity contribution >= 4 is 33.4 Å². The molecule has 0 aromatic heterocycles. The highest BCUT2D eigenvalue weighted by Crippen LogP contribution is 2.35. The zero-order chi connectivity index (χ0) is 16.7. The number of ether oxygens (including phenoxy) is 2. The molecule has 2 heterocycles. The molecule has 1 amide bonds. The van der Waals surface area contributed by atoms with Gasteiger partial charge in [-0.05, 0) is 42.0 Å². The average molecular weight is 409 g/mol. The molecule has 2 aromatic carbocycles. The van der Waals surface area contributed by atoms with Crippen LogP contribution >= 0.6 is 27.5 Å². The monoisotopic (exact) mass is 407 g/mol. The Morgan fingerprint density at radius 1 is 1.21 bits per heavy atom.